The van der Waals surface area contributed by atoms with Crippen LogP contribution < -0.4 is 0 Å². The van der Waals surface area contributed by atoms with Crippen LogP contribution in [-0.4, -0.2) is 21.8 Å². The zero-order valence-electron chi connectivity index (χ0n) is 2.94. The molecule has 2 heteroatoms. The maximum absolute atomic E-state index is 4.63. The van der Waals surface area contributed by atoms with Gasteiger partial charge in [-0.05, 0) is 0 Å². The van der Waals surface area contributed by atoms with E-state index < -0.39 is 0 Å². The molecule has 0 aromatic heterocycles. The summed E-state index contributed by atoms with van der Waals surface area (Å²) >= 11 is 7.51. The SMILES string of the molecule is [S]CCC[Se]. The standard InChI is InChI=1S/C3H6SSe/c4-2-1-3-5/h1-3H2. The fraction of sp³-hybridized carbons (Fsp3) is 1.00. The first kappa shape index (κ1) is 5.87. The maximum atomic E-state index is 4.63. The summed E-state index contributed by atoms with van der Waals surface area (Å²) in [6, 6.07) is 0. The number of hydrogen-bond acceptors (Lipinski definition) is 0. The van der Waals surface area contributed by atoms with Gasteiger partial charge in [0, 0.05) is 0 Å². The Morgan fingerprint density at radius 3 is 2.20 bits per heavy atom. The van der Waals surface area contributed by atoms with Gasteiger partial charge in [0.05, 0.1) is 0 Å². The van der Waals surface area contributed by atoms with Crippen LogP contribution in [-0.2, 0) is 0 Å². The van der Waals surface area contributed by atoms with E-state index in [0.29, 0.717) is 0 Å². The molecule has 30 valence electrons. The van der Waals surface area contributed by atoms with Crippen LogP contribution in [0.3, 0.4) is 0 Å². The van der Waals surface area contributed by atoms with Gasteiger partial charge in [-0.25, -0.2) is 0 Å². The molecule has 0 aliphatic carbocycles. The quantitative estimate of drug-likeness (QED) is 0.522. The molecule has 0 nitrogen and oxygen atoms in total. The summed E-state index contributed by atoms with van der Waals surface area (Å²) < 4.78 is 0. The van der Waals surface area contributed by atoms with E-state index in [1.807, 2.05) is 0 Å². The van der Waals surface area contributed by atoms with Crippen molar-refractivity contribution >= 4 is 28.6 Å². The molecule has 0 rings (SSSR count). The minimum atomic E-state index is 0.896. The van der Waals surface area contributed by atoms with E-state index in [0.717, 1.165) is 17.5 Å². The van der Waals surface area contributed by atoms with Crippen LogP contribution in [0, 0.1) is 0 Å². The van der Waals surface area contributed by atoms with Crippen LogP contribution in [0.25, 0.3) is 0 Å². The average molecular weight is 153 g/mol. The molecule has 2 radical (unpaired) electrons. The Balaban J connectivity index is 2.19. The van der Waals surface area contributed by atoms with Gasteiger partial charge in [-0.2, -0.15) is 0 Å². The van der Waals surface area contributed by atoms with Gasteiger partial charge < -0.3 is 0 Å². The molecular formula is C3H6SSe. The minimum absolute atomic E-state index is 0.896. The van der Waals surface area contributed by atoms with Crippen molar-refractivity contribution in [1.29, 1.82) is 0 Å². The molecule has 0 heterocycles. The Bertz CT molecular complexity index is 14.4. The van der Waals surface area contributed by atoms with Crippen molar-refractivity contribution in [2.24, 2.45) is 0 Å². The van der Waals surface area contributed by atoms with E-state index in [1.54, 1.807) is 0 Å². The predicted octanol–water partition coefficient (Wildman–Crippen LogP) is 1.16. The molecule has 0 bridgehead atoms. The molecule has 0 aromatic rings. The van der Waals surface area contributed by atoms with Crippen molar-refractivity contribution in [3.8, 4) is 0 Å². The van der Waals surface area contributed by atoms with Gasteiger partial charge in [0.1, 0.15) is 0 Å². The van der Waals surface area contributed by atoms with Crippen molar-refractivity contribution < 1.29 is 0 Å². The zero-order chi connectivity index (χ0) is 4.12. The molecule has 0 spiro atoms. The molecule has 0 amide bonds. The second-order valence-electron chi connectivity index (χ2n) is 0.762. The number of rotatable bonds is 2. The van der Waals surface area contributed by atoms with Gasteiger partial charge in [-0.1, -0.05) is 0 Å². The van der Waals surface area contributed by atoms with Gasteiger partial charge >= 0.3 is 46.1 Å². The van der Waals surface area contributed by atoms with Gasteiger partial charge in [0.25, 0.3) is 0 Å². The predicted molar refractivity (Wildman–Crippen MR) is 27.6 cm³/mol. The summed E-state index contributed by atoms with van der Waals surface area (Å²) in [5.74, 6) is 0.896. The zero-order valence-corrected chi connectivity index (χ0v) is 5.47. The Labute approximate surface area is 46.6 Å². The molecule has 0 unspecified atom stereocenters. The second-order valence-corrected chi connectivity index (χ2v) is 2.03. The summed E-state index contributed by atoms with van der Waals surface area (Å²) in [6.45, 7) is 0. The summed E-state index contributed by atoms with van der Waals surface area (Å²) in [4.78, 5) is 0. The molecule has 0 aromatic carbocycles. The molecule has 0 atom stereocenters. The van der Waals surface area contributed by atoms with Crippen molar-refractivity contribution in [1.82, 2.24) is 0 Å². The normalized spacial score (nSPS) is 8.40. The molecular weight excluding hydrogens is 147 g/mol. The van der Waals surface area contributed by atoms with Crippen molar-refractivity contribution in [3.05, 3.63) is 0 Å². The van der Waals surface area contributed by atoms with Gasteiger partial charge in [0.15, 0.2) is 0 Å². The molecule has 0 aliphatic rings. The van der Waals surface area contributed by atoms with Crippen molar-refractivity contribution in [2.75, 3.05) is 5.75 Å². The molecule has 0 saturated carbocycles. The monoisotopic (exact) mass is 154 g/mol. The van der Waals surface area contributed by atoms with E-state index >= 15 is 0 Å². The van der Waals surface area contributed by atoms with Crippen molar-refractivity contribution in [3.63, 3.8) is 0 Å². The van der Waals surface area contributed by atoms with E-state index in [9.17, 15) is 0 Å². The number of hydrogen-bond donors (Lipinski definition) is 0. The molecule has 0 saturated heterocycles. The van der Waals surface area contributed by atoms with Crippen LogP contribution in [0.15, 0.2) is 0 Å². The van der Waals surface area contributed by atoms with E-state index in [2.05, 4.69) is 28.6 Å². The third-order valence-electron chi connectivity index (χ3n) is 0.289. The van der Waals surface area contributed by atoms with Crippen LogP contribution in [0.4, 0.5) is 0 Å². The van der Waals surface area contributed by atoms with Crippen LogP contribution >= 0.6 is 12.6 Å². The van der Waals surface area contributed by atoms with Crippen LogP contribution in [0.2, 0.25) is 5.32 Å². The van der Waals surface area contributed by atoms with Gasteiger partial charge in [-0.3, -0.25) is 0 Å². The second kappa shape index (κ2) is 4.87. The topological polar surface area (TPSA) is 0 Å². The van der Waals surface area contributed by atoms with E-state index in [1.165, 1.54) is 0 Å². The first-order valence-electron chi connectivity index (χ1n) is 1.58. The van der Waals surface area contributed by atoms with Crippen molar-refractivity contribution in [2.45, 2.75) is 11.7 Å². The fourth-order valence-corrected chi connectivity index (χ4v) is 0.919. The van der Waals surface area contributed by atoms with Crippen LogP contribution in [0.1, 0.15) is 6.42 Å². The molecule has 0 fully saturated rings. The summed E-state index contributed by atoms with van der Waals surface area (Å²) in [5.41, 5.74) is 0. The third-order valence-corrected chi connectivity index (χ3v) is 1.18. The third kappa shape index (κ3) is 4.87. The van der Waals surface area contributed by atoms with E-state index in [-0.39, 0.29) is 0 Å². The fourth-order valence-electron chi connectivity index (χ4n) is 0.0589. The first-order chi connectivity index (χ1) is 2.41. The Morgan fingerprint density at radius 1 is 1.60 bits per heavy atom. The molecule has 0 aliphatic heterocycles. The Hall–Kier alpha value is 0.869. The molecule has 0 N–H and O–H groups in total. The first-order valence-corrected chi connectivity index (χ1v) is 3.37. The van der Waals surface area contributed by atoms with Crippen LogP contribution in [0.5, 0.6) is 0 Å². The van der Waals surface area contributed by atoms with Gasteiger partial charge in [0.2, 0.25) is 0 Å². The average Bonchev–Trinajstić information content (AvgIpc) is 1.41. The van der Waals surface area contributed by atoms with Gasteiger partial charge in [-0.15, -0.1) is 0 Å². The van der Waals surface area contributed by atoms with E-state index in [4.69, 9.17) is 0 Å². The Morgan fingerprint density at radius 2 is 2.20 bits per heavy atom. The summed E-state index contributed by atoms with van der Waals surface area (Å²) in [5, 5.41) is 1.11. The summed E-state index contributed by atoms with van der Waals surface area (Å²) in [7, 11) is 0. The Kier molecular flexibility index (Phi) is 5.72. The molecule has 5 heavy (non-hydrogen) atoms. The summed E-state index contributed by atoms with van der Waals surface area (Å²) in [6.07, 6.45) is 1.15.